The molecule has 19 heavy (non-hydrogen) atoms. The van der Waals surface area contributed by atoms with Crippen LogP contribution in [-0.4, -0.2) is 23.1 Å². The van der Waals surface area contributed by atoms with E-state index in [9.17, 15) is 0 Å². The van der Waals surface area contributed by atoms with Crippen LogP contribution in [0.4, 0.5) is 11.6 Å². The number of anilines is 2. The Bertz CT molecular complexity index is 594. The summed E-state index contributed by atoms with van der Waals surface area (Å²) in [4.78, 5) is 8.07. The second kappa shape index (κ2) is 6.33. The van der Waals surface area contributed by atoms with Gasteiger partial charge in [0.1, 0.15) is 24.1 Å². The maximum absolute atomic E-state index is 8.77. The summed E-state index contributed by atoms with van der Waals surface area (Å²) in [5, 5.41) is 11.8. The zero-order chi connectivity index (χ0) is 13.5. The fourth-order valence-corrected chi connectivity index (χ4v) is 1.45. The van der Waals surface area contributed by atoms with Crippen molar-refractivity contribution in [1.82, 2.24) is 9.97 Å². The number of nitrogens with one attached hydrogen (secondary N) is 1. The molecular formula is C13H13N5O. The third-order valence-corrected chi connectivity index (χ3v) is 2.25. The van der Waals surface area contributed by atoms with Gasteiger partial charge in [-0.05, 0) is 18.2 Å². The van der Waals surface area contributed by atoms with Crippen LogP contribution < -0.4 is 15.8 Å². The smallest absolute Gasteiger partial charge is 0.228 e. The Morgan fingerprint density at radius 2 is 2.26 bits per heavy atom. The molecule has 96 valence electrons. The average molecular weight is 255 g/mol. The molecule has 0 saturated heterocycles. The molecule has 0 spiro atoms. The van der Waals surface area contributed by atoms with Crippen molar-refractivity contribution >= 4 is 11.6 Å². The first-order chi connectivity index (χ1) is 9.31. The fraction of sp³-hybridized carbons (Fsp3) is 0.154. The number of aromatic nitrogens is 2. The van der Waals surface area contributed by atoms with E-state index >= 15 is 0 Å². The standard InChI is InChI=1S/C13H13N5O/c14-5-7-19-12-3-1-2-10(8-12)17-13-16-6-4-11(9-15)18-13/h1-4,6,8H,5,7,14H2,(H,16,17,18). The molecule has 0 bridgehead atoms. The molecule has 2 aromatic rings. The predicted octanol–water partition coefficient (Wildman–Crippen LogP) is 1.43. The summed E-state index contributed by atoms with van der Waals surface area (Å²) in [6.07, 6.45) is 1.53. The molecule has 0 unspecified atom stereocenters. The molecule has 0 amide bonds. The van der Waals surface area contributed by atoms with E-state index in [2.05, 4.69) is 15.3 Å². The number of hydrogen-bond donors (Lipinski definition) is 2. The van der Waals surface area contributed by atoms with Crippen LogP contribution in [0.25, 0.3) is 0 Å². The number of rotatable bonds is 5. The lowest BCUT2D eigenvalue weighted by atomic mass is 10.3. The second-order valence-corrected chi connectivity index (χ2v) is 3.67. The Hall–Kier alpha value is -2.65. The monoisotopic (exact) mass is 255 g/mol. The molecule has 1 heterocycles. The van der Waals surface area contributed by atoms with E-state index in [0.717, 1.165) is 5.69 Å². The van der Waals surface area contributed by atoms with Gasteiger partial charge in [0.05, 0.1) is 0 Å². The fourth-order valence-electron chi connectivity index (χ4n) is 1.45. The van der Waals surface area contributed by atoms with Crippen LogP contribution in [0.3, 0.4) is 0 Å². The number of nitriles is 1. The lowest BCUT2D eigenvalue weighted by molar-refractivity contribution is 0.328. The molecule has 6 nitrogen and oxygen atoms in total. The van der Waals surface area contributed by atoms with Crippen LogP contribution in [0.2, 0.25) is 0 Å². The van der Waals surface area contributed by atoms with E-state index < -0.39 is 0 Å². The molecule has 0 atom stereocenters. The van der Waals surface area contributed by atoms with Gasteiger partial charge in [0.15, 0.2) is 0 Å². The van der Waals surface area contributed by atoms with Crippen molar-refractivity contribution in [1.29, 1.82) is 5.26 Å². The molecule has 0 saturated carbocycles. The normalized spacial score (nSPS) is 9.68. The van der Waals surface area contributed by atoms with Gasteiger partial charge in [-0.2, -0.15) is 5.26 Å². The van der Waals surface area contributed by atoms with Gasteiger partial charge in [-0.25, -0.2) is 9.97 Å². The molecule has 6 heteroatoms. The third-order valence-electron chi connectivity index (χ3n) is 2.25. The van der Waals surface area contributed by atoms with Crippen LogP contribution in [0, 0.1) is 11.3 Å². The van der Waals surface area contributed by atoms with Crippen LogP contribution in [0.15, 0.2) is 36.5 Å². The Balaban J connectivity index is 2.12. The summed E-state index contributed by atoms with van der Waals surface area (Å²) in [6.45, 7) is 0.925. The predicted molar refractivity (Wildman–Crippen MR) is 71.0 cm³/mol. The zero-order valence-electron chi connectivity index (χ0n) is 10.2. The third kappa shape index (κ3) is 3.66. The van der Waals surface area contributed by atoms with E-state index in [1.165, 1.54) is 6.20 Å². The minimum absolute atomic E-state index is 0.313. The Morgan fingerprint density at radius 3 is 3.05 bits per heavy atom. The van der Waals surface area contributed by atoms with Gasteiger partial charge in [-0.1, -0.05) is 6.07 Å². The first-order valence-electron chi connectivity index (χ1n) is 5.75. The van der Waals surface area contributed by atoms with Crippen molar-refractivity contribution in [2.75, 3.05) is 18.5 Å². The first-order valence-corrected chi connectivity index (χ1v) is 5.75. The lowest BCUT2D eigenvalue weighted by Gasteiger charge is -2.08. The summed E-state index contributed by atoms with van der Waals surface area (Å²) in [7, 11) is 0. The molecule has 0 fully saturated rings. The number of benzene rings is 1. The Kier molecular flexibility index (Phi) is 4.26. The van der Waals surface area contributed by atoms with Gasteiger partial charge >= 0.3 is 0 Å². The summed E-state index contributed by atoms with van der Waals surface area (Å²) >= 11 is 0. The minimum atomic E-state index is 0.313. The van der Waals surface area contributed by atoms with Crippen LogP contribution in [-0.2, 0) is 0 Å². The SMILES string of the molecule is N#Cc1ccnc(Nc2cccc(OCCN)c2)n1. The van der Waals surface area contributed by atoms with Crippen LogP contribution in [0.5, 0.6) is 5.75 Å². The quantitative estimate of drug-likeness (QED) is 0.838. The van der Waals surface area contributed by atoms with Gasteiger partial charge in [0.25, 0.3) is 0 Å². The largest absolute Gasteiger partial charge is 0.492 e. The zero-order valence-corrected chi connectivity index (χ0v) is 10.2. The van der Waals surface area contributed by atoms with Crippen molar-refractivity contribution < 1.29 is 4.74 Å². The maximum atomic E-state index is 8.77. The van der Waals surface area contributed by atoms with E-state index in [1.54, 1.807) is 6.07 Å². The second-order valence-electron chi connectivity index (χ2n) is 3.67. The van der Waals surface area contributed by atoms with E-state index in [1.807, 2.05) is 30.3 Å². The summed E-state index contributed by atoms with van der Waals surface area (Å²) in [5.41, 5.74) is 6.47. The molecule has 2 rings (SSSR count). The summed E-state index contributed by atoms with van der Waals surface area (Å²) < 4.78 is 5.42. The van der Waals surface area contributed by atoms with Gasteiger partial charge in [-0.15, -0.1) is 0 Å². The first kappa shape index (κ1) is 12.8. The van der Waals surface area contributed by atoms with Gasteiger partial charge in [-0.3, -0.25) is 0 Å². The van der Waals surface area contributed by atoms with Crippen molar-refractivity contribution in [2.24, 2.45) is 5.73 Å². The van der Waals surface area contributed by atoms with E-state index in [0.29, 0.717) is 30.5 Å². The van der Waals surface area contributed by atoms with Crippen molar-refractivity contribution in [3.8, 4) is 11.8 Å². The molecule has 1 aromatic carbocycles. The molecule has 0 aliphatic carbocycles. The molecule has 1 aromatic heterocycles. The topological polar surface area (TPSA) is 96.8 Å². The highest BCUT2D eigenvalue weighted by Gasteiger charge is 2.01. The lowest BCUT2D eigenvalue weighted by Crippen LogP contribution is -2.10. The Labute approximate surface area is 110 Å². The highest BCUT2D eigenvalue weighted by molar-refractivity contribution is 5.56. The van der Waals surface area contributed by atoms with Crippen molar-refractivity contribution in [3.63, 3.8) is 0 Å². The van der Waals surface area contributed by atoms with E-state index in [4.69, 9.17) is 15.7 Å². The van der Waals surface area contributed by atoms with Crippen molar-refractivity contribution in [2.45, 2.75) is 0 Å². The van der Waals surface area contributed by atoms with Crippen LogP contribution >= 0.6 is 0 Å². The molecule has 0 aliphatic heterocycles. The Morgan fingerprint density at radius 1 is 1.37 bits per heavy atom. The van der Waals surface area contributed by atoms with Crippen LogP contribution in [0.1, 0.15) is 5.69 Å². The minimum Gasteiger partial charge on any atom is -0.492 e. The number of nitrogens with two attached hydrogens (primary N) is 1. The summed E-state index contributed by atoms with van der Waals surface area (Å²) in [6, 6.07) is 10.9. The molecule has 0 radical (unpaired) electrons. The molecule has 0 aliphatic rings. The van der Waals surface area contributed by atoms with Gasteiger partial charge < -0.3 is 15.8 Å². The molecule has 3 N–H and O–H groups in total. The number of hydrogen-bond acceptors (Lipinski definition) is 6. The maximum Gasteiger partial charge on any atom is 0.228 e. The number of nitrogens with zero attached hydrogens (tertiary/aromatic N) is 3. The van der Waals surface area contributed by atoms with Gasteiger partial charge in [0, 0.05) is 24.5 Å². The highest BCUT2D eigenvalue weighted by Crippen LogP contribution is 2.19. The average Bonchev–Trinajstić information content (AvgIpc) is 2.46. The van der Waals surface area contributed by atoms with E-state index in [-0.39, 0.29) is 0 Å². The summed E-state index contributed by atoms with van der Waals surface area (Å²) in [5.74, 6) is 1.09. The van der Waals surface area contributed by atoms with Crippen molar-refractivity contribution in [3.05, 3.63) is 42.2 Å². The highest BCUT2D eigenvalue weighted by atomic mass is 16.5. The number of ether oxygens (including phenoxy) is 1. The molecular weight excluding hydrogens is 242 g/mol. The van der Waals surface area contributed by atoms with Gasteiger partial charge in [0.2, 0.25) is 5.95 Å².